The lowest BCUT2D eigenvalue weighted by Gasteiger charge is -2.30. The first-order valence-electron chi connectivity index (χ1n) is 7.30. The van der Waals surface area contributed by atoms with Crippen LogP contribution in [-0.4, -0.2) is 29.9 Å². The van der Waals surface area contributed by atoms with Crippen LogP contribution in [0.2, 0.25) is 0 Å². The van der Waals surface area contributed by atoms with Crippen LogP contribution in [0.25, 0.3) is 0 Å². The minimum atomic E-state index is 0.168. The topological polar surface area (TPSA) is 46.3 Å². The first-order chi connectivity index (χ1) is 9.19. The van der Waals surface area contributed by atoms with Gasteiger partial charge in [0.15, 0.2) is 0 Å². The molecule has 0 aromatic heterocycles. The van der Waals surface area contributed by atoms with Crippen molar-refractivity contribution in [2.45, 2.75) is 45.1 Å². The summed E-state index contributed by atoms with van der Waals surface area (Å²) in [6.45, 7) is 3.76. The Balaban J connectivity index is 1.82. The zero-order valence-corrected chi connectivity index (χ0v) is 11.8. The lowest BCUT2D eigenvalue weighted by atomic mass is 10.0. The number of carbonyl (C=O) groups is 1. The number of aryl methyl sites for hydroxylation is 2. The van der Waals surface area contributed by atoms with E-state index in [1.807, 2.05) is 4.90 Å². The standard InChI is InChI=1S/C16H24N2O/c1-2-13-5-7-14(8-6-13)9-10-16(19)18-11-3-4-15(17)12-18/h5-8,15H,2-4,9-12,17H2,1H3. The molecule has 0 saturated carbocycles. The van der Waals surface area contributed by atoms with E-state index in [0.717, 1.165) is 38.8 Å². The van der Waals surface area contributed by atoms with E-state index in [9.17, 15) is 4.79 Å². The number of hydrogen-bond donors (Lipinski definition) is 1. The molecule has 0 radical (unpaired) electrons. The maximum Gasteiger partial charge on any atom is 0.222 e. The largest absolute Gasteiger partial charge is 0.341 e. The third kappa shape index (κ3) is 4.06. The Bertz CT molecular complexity index is 413. The van der Waals surface area contributed by atoms with Gasteiger partial charge in [-0.05, 0) is 36.8 Å². The molecular formula is C16H24N2O. The fraction of sp³-hybridized carbons (Fsp3) is 0.562. The second kappa shape index (κ2) is 6.71. The highest BCUT2D eigenvalue weighted by atomic mass is 16.2. The van der Waals surface area contributed by atoms with Crippen LogP contribution < -0.4 is 5.73 Å². The van der Waals surface area contributed by atoms with Crippen molar-refractivity contribution in [1.82, 2.24) is 4.90 Å². The van der Waals surface area contributed by atoms with Gasteiger partial charge in [0.25, 0.3) is 0 Å². The number of likely N-dealkylation sites (tertiary alicyclic amines) is 1. The molecule has 1 amide bonds. The van der Waals surface area contributed by atoms with E-state index in [2.05, 4.69) is 31.2 Å². The van der Waals surface area contributed by atoms with Gasteiger partial charge in [0.1, 0.15) is 0 Å². The normalized spacial score (nSPS) is 19.5. The molecule has 1 aliphatic rings. The van der Waals surface area contributed by atoms with E-state index >= 15 is 0 Å². The molecular weight excluding hydrogens is 236 g/mol. The third-order valence-corrected chi connectivity index (χ3v) is 3.87. The highest BCUT2D eigenvalue weighted by Crippen LogP contribution is 2.12. The minimum Gasteiger partial charge on any atom is -0.341 e. The summed E-state index contributed by atoms with van der Waals surface area (Å²) in [5.74, 6) is 0.245. The Morgan fingerprint density at radius 3 is 2.63 bits per heavy atom. The van der Waals surface area contributed by atoms with Gasteiger partial charge < -0.3 is 10.6 Å². The predicted molar refractivity (Wildman–Crippen MR) is 77.9 cm³/mol. The molecule has 1 aromatic rings. The molecule has 3 nitrogen and oxygen atoms in total. The van der Waals surface area contributed by atoms with Crippen molar-refractivity contribution in [2.75, 3.05) is 13.1 Å². The van der Waals surface area contributed by atoms with E-state index in [-0.39, 0.29) is 11.9 Å². The molecule has 19 heavy (non-hydrogen) atoms. The van der Waals surface area contributed by atoms with E-state index in [1.165, 1.54) is 11.1 Å². The summed E-state index contributed by atoms with van der Waals surface area (Å²) in [5.41, 5.74) is 8.50. The number of piperidine rings is 1. The molecule has 2 N–H and O–H groups in total. The van der Waals surface area contributed by atoms with Crippen LogP contribution in [0.4, 0.5) is 0 Å². The zero-order valence-electron chi connectivity index (χ0n) is 11.8. The molecule has 1 saturated heterocycles. The van der Waals surface area contributed by atoms with Crippen LogP contribution in [0.15, 0.2) is 24.3 Å². The lowest BCUT2D eigenvalue weighted by molar-refractivity contribution is -0.132. The second-order valence-corrected chi connectivity index (χ2v) is 5.41. The second-order valence-electron chi connectivity index (χ2n) is 5.41. The Labute approximate surface area is 115 Å². The maximum atomic E-state index is 12.1. The summed E-state index contributed by atoms with van der Waals surface area (Å²) in [6.07, 6.45) is 4.57. The van der Waals surface area contributed by atoms with E-state index < -0.39 is 0 Å². The smallest absolute Gasteiger partial charge is 0.222 e. The molecule has 1 aromatic carbocycles. The summed E-state index contributed by atoms with van der Waals surface area (Å²) in [6, 6.07) is 8.73. The SMILES string of the molecule is CCc1ccc(CCC(=O)N2CCCC(N)C2)cc1. The van der Waals surface area contributed by atoms with Crippen LogP contribution in [0.5, 0.6) is 0 Å². The van der Waals surface area contributed by atoms with E-state index in [0.29, 0.717) is 6.42 Å². The van der Waals surface area contributed by atoms with Crippen LogP contribution in [-0.2, 0) is 17.6 Å². The van der Waals surface area contributed by atoms with Crippen molar-refractivity contribution in [3.63, 3.8) is 0 Å². The molecule has 3 heteroatoms. The average molecular weight is 260 g/mol. The number of amides is 1. The van der Waals surface area contributed by atoms with Crippen molar-refractivity contribution >= 4 is 5.91 Å². The first kappa shape index (κ1) is 14.1. The fourth-order valence-electron chi connectivity index (χ4n) is 2.59. The third-order valence-electron chi connectivity index (χ3n) is 3.87. The number of nitrogens with two attached hydrogens (primary N) is 1. The summed E-state index contributed by atoms with van der Waals surface area (Å²) in [4.78, 5) is 14.0. The fourth-order valence-corrected chi connectivity index (χ4v) is 2.59. The molecule has 1 aliphatic heterocycles. The van der Waals surface area contributed by atoms with Gasteiger partial charge in [0.2, 0.25) is 5.91 Å². The minimum absolute atomic E-state index is 0.168. The number of rotatable bonds is 4. The predicted octanol–water partition coefficient (Wildman–Crippen LogP) is 2.13. The van der Waals surface area contributed by atoms with Crippen LogP contribution >= 0.6 is 0 Å². The molecule has 1 unspecified atom stereocenters. The Hall–Kier alpha value is -1.35. The summed E-state index contributed by atoms with van der Waals surface area (Å²) in [5, 5.41) is 0. The monoisotopic (exact) mass is 260 g/mol. The molecule has 1 heterocycles. The molecule has 0 bridgehead atoms. The van der Waals surface area contributed by atoms with Crippen LogP contribution in [0, 0.1) is 0 Å². The van der Waals surface area contributed by atoms with Gasteiger partial charge in [-0.2, -0.15) is 0 Å². The molecule has 1 atom stereocenters. The lowest BCUT2D eigenvalue weighted by Crippen LogP contribution is -2.45. The van der Waals surface area contributed by atoms with E-state index in [1.54, 1.807) is 0 Å². The van der Waals surface area contributed by atoms with E-state index in [4.69, 9.17) is 5.73 Å². The van der Waals surface area contributed by atoms with Gasteiger partial charge >= 0.3 is 0 Å². The van der Waals surface area contributed by atoms with Crippen molar-refractivity contribution < 1.29 is 4.79 Å². The van der Waals surface area contributed by atoms with Crippen LogP contribution in [0.3, 0.4) is 0 Å². The molecule has 1 fully saturated rings. The highest BCUT2D eigenvalue weighted by molar-refractivity contribution is 5.76. The Kier molecular flexibility index (Phi) is 4.97. The number of nitrogens with zero attached hydrogens (tertiary/aromatic N) is 1. The quantitative estimate of drug-likeness (QED) is 0.901. The van der Waals surface area contributed by atoms with Gasteiger partial charge in [-0.1, -0.05) is 31.2 Å². The van der Waals surface area contributed by atoms with Gasteiger partial charge in [-0.25, -0.2) is 0 Å². The summed E-state index contributed by atoms with van der Waals surface area (Å²) < 4.78 is 0. The Morgan fingerprint density at radius 1 is 1.32 bits per heavy atom. The van der Waals surface area contributed by atoms with Gasteiger partial charge in [0.05, 0.1) is 0 Å². The maximum absolute atomic E-state index is 12.1. The molecule has 104 valence electrons. The summed E-state index contributed by atoms with van der Waals surface area (Å²) >= 11 is 0. The van der Waals surface area contributed by atoms with Crippen molar-refractivity contribution in [1.29, 1.82) is 0 Å². The molecule has 0 aliphatic carbocycles. The van der Waals surface area contributed by atoms with Crippen molar-refractivity contribution in [3.8, 4) is 0 Å². The van der Waals surface area contributed by atoms with Gasteiger partial charge in [0, 0.05) is 25.6 Å². The van der Waals surface area contributed by atoms with Crippen LogP contribution in [0.1, 0.15) is 37.3 Å². The number of hydrogen-bond acceptors (Lipinski definition) is 2. The molecule has 2 rings (SSSR count). The van der Waals surface area contributed by atoms with Gasteiger partial charge in [-0.15, -0.1) is 0 Å². The Morgan fingerprint density at radius 2 is 2.00 bits per heavy atom. The first-order valence-corrected chi connectivity index (χ1v) is 7.30. The van der Waals surface area contributed by atoms with Gasteiger partial charge in [-0.3, -0.25) is 4.79 Å². The average Bonchev–Trinajstić information content (AvgIpc) is 2.45. The summed E-state index contributed by atoms with van der Waals surface area (Å²) in [7, 11) is 0. The molecule has 0 spiro atoms. The zero-order chi connectivity index (χ0) is 13.7. The number of carbonyl (C=O) groups excluding carboxylic acids is 1. The highest BCUT2D eigenvalue weighted by Gasteiger charge is 2.20. The number of benzene rings is 1. The van der Waals surface area contributed by atoms with Crippen molar-refractivity contribution in [3.05, 3.63) is 35.4 Å². The van der Waals surface area contributed by atoms with Crippen molar-refractivity contribution in [2.24, 2.45) is 5.73 Å².